The van der Waals surface area contributed by atoms with Crippen LogP contribution in [0.2, 0.25) is 0 Å². The van der Waals surface area contributed by atoms with Gasteiger partial charge >= 0.3 is 0 Å². The molecule has 1 saturated carbocycles. The van der Waals surface area contributed by atoms with Crippen LogP contribution in [0.5, 0.6) is 5.75 Å². The van der Waals surface area contributed by atoms with Gasteiger partial charge in [0.25, 0.3) is 0 Å². The molecule has 2 aromatic rings. The van der Waals surface area contributed by atoms with E-state index in [9.17, 15) is 0 Å². The third-order valence-corrected chi connectivity index (χ3v) is 5.92. The second-order valence-corrected chi connectivity index (χ2v) is 8.06. The van der Waals surface area contributed by atoms with E-state index >= 15 is 0 Å². The summed E-state index contributed by atoms with van der Waals surface area (Å²) in [5, 5.41) is 0. The lowest BCUT2D eigenvalue weighted by molar-refractivity contribution is 0.309. The van der Waals surface area contributed by atoms with Gasteiger partial charge < -0.3 is 4.74 Å². The van der Waals surface area contributed by atoms with Crippen molar-refractivity contribution in [3.8, 4) is 17.6 Å². The molecule has 0 aromatic heterocycles. The van der Waals surface area contributed by atoms with Crippen molar-refractivity contribution in [3.05, 3.63) is 77.4 Å². The Morgan fingerprint density at radius 2 is 1.66 bits per heavy atom. The monoisotopic (exact) mass is 386 g/mol. The molecule has 0 N–H and O–H groups in total. The first-order valence-electron chi connectivity index (χ1n) is 11.3. The predicted molar refractivity (Wildman–Crippen MR) is 123 cm³/mol. The molecule has 152 valence electrons. The van der Waals surface area contributed by atoms with Gasteiger partial charge in [0.05, 0.1) is 6.61 Å². The van der Waals surface area contributed by atoms with Crippen LogP contribution in [0.3, 0.4) is 0 Å². The van der Waals surface area contributed by atoms with Crippen LogP contribution in [0, 0.1) is 17.8 Å². The van der Waals surface area contributed by atoms with Crippen LogP contribution in [-0.2, 0) is 6.42 Å². The van der Waals surface area contributed by atoms with E-state index in [1.54, 1.807) is 0 Å². The summed E-state index contributed by atoms with van der Waals surface area (Å²) in [5.41, 5.74) is 3.99. The molecule has 0 heterocycles. The van der Waals surface area contributed by atoms with E-state index in [-0.39, 0.29) is 0 Å². The summed E-state index contributed by atoms with van der Waals surface area (Å²) >= 11 is 0. The lowest BCUT2D eigenvalue weighted by Gasteiger charge is -2.27. The largest absolute Gasteiger partial charge is 0.494 e. The molecule has 3 rings (SSSR count). The first-order valence-corrected chi connectivity index (χ1v) is 11.3. The molecule has 0 radical (unpaired) electrons. The minimum absolute atomic E-state index is 0.671. The molecule has 1 aliphatic rings. The predicted octanol–water partition coefficient (Wildman–Crippen LogP) is 7.31. The maximum Gasteiger partial charge on any atom is 0.119 e. The van der Waals surface area contributed by atoms with E-state index in [4.69, 9.17) is 4.74 Å². The SMILES string of the molecule is CCCCOc1ccc(C#CC=CC2CCC(c3ccc(CC)cc3)CC2)cc1. The number of rotatable bonds is 7. The summed E-state index contributed by atoms with van der Waals surface area (Å²) in [4.78, 5) is 0. The average Bonchev–Trinajstić information content (AvgIpc) is 2.78. The van der Waals surface area contributed by atoms with E-state index in [1.807, 2.05) is 30.3 Å². The molecule has 0 spiro atoms. The van der Waals surface area contributed by atoms with Gasteiger partial charge in [-0.05, 0) is 91.8 Å². The van der Waals surface area contributed by atoms with Gasteiger partial charge in [-0.3, -0.25) is 0 Å². The molecule has 1 fully saturated rings. The molecular weight excluding hydrogens is 352 g/mol. The highest BCUT2D eigenvalue weighted by molar-refractivity contribution is 5.40. The first kappa shape index (κ1) is 21.3. The molecule has 0 aliphatic heterocycles. The Hall–Kier alpha value is -2.46. The van der Waals surface area contributed by atoms with Crippen molar-refractivity contribution >= 4 is 0 Å². The van der Waals surface area contributed by atoms with Gasteiger partial charge in [-0.1, -0.05) is 62.5 Å². The van der Waals surface area contributed by atoms with Crippen molar-refractivity contribution in [1.29, 1.82) is 0 Å². The number of unbranched alkanes of at least 4 members (excludes halogenated alkanes) is 1. The zero-order valence-corrected chi connectivity index (χ0v) is 18.0. The van der Waals surface area contributed by atoms with Crippen LogP contribution in [0.25, 0.3) is 0 Å². The molecule has 0 atom stereocenters. The maximum atomic E-state index is 5.70. The van der Waals surface area contributed by atoms with Crippen molar-refractivity contribution in [3.63, 3.8) is 0 Å². The zero-order chi connectivity index (χ0) is 20.3. The van der Waals surface area contributed by atoms with Crippen LogP contribution in [0.4, 0.5) is 0 Å². The van der Waals surface area contributed by atoms with E-state index in [0.717, 1.165) is 43.1 Å². The van der Waals surface area contributed by atoms with Crippen LogP contribution >= 0.6 is 0 Å². The van der Waals surface area contributed by atoms with Crippen molar-refractivity contribution in [1.82, 2.24) is 0 Å². The Bertz CT molecular complexity index is 809. The fourth-order valence-electron chi connectivity index (χ4n) is 3.95. The van der Waals surface area contributed by atoms with E-state index in [2.05, 4.69) is 56.0 Å². The molecule has 1 nitrogen and oxygen atoms in total. The zero-order valence-electron chi connectivity index (χ0n) is 18.0. The standard InChI is InChI=1S/C28H34O/c1-3-5-22-29-28-20-14-25(15-21-28)9-7-6-8-24-12-18-27(19-13-24)26-16-10-23(4-2)11-17-26/h6,8,10-11,14-17,20-21,24,27H,3-5,12-13,18-19,22H2,1-2H3. The first-order chi connectivity index (χ1) is 14.3. The van der Waals surface area contributed by atoms with Gasteiger partial charge in [-0.2, -0.15) is 0 Å². The highest BCUT2D eigenvalue weighted by atomic mass is 16.5. The van der Waals surface area contributed by atoms with Gasteiger partial charge in [0.15, 0.2) is 0 Å². The maximum absolute atomic E-state index is 5.70. The van der Waals surface area contributed by atoms with E-state index in [1.165, 1.54) is 36.8 Å². The summed E-state index contributed by atoms with van der Waals surface area (Å²) in [6.45, 7) is 5.18. The minimum Gasteiger partial charge on any atom is -0.494 e. The van der Waals surface area contributed by atoms with Gasteiger partial charge in [-0.25, -0.2) is 0 Å². The van der Waals surface area contributed by atoms with Crippen LogP contribution in [-0.4, -0.2) is 6.61 Å². The molecule has 0 amide bonds. The molecular formula is C28H34O. The molecule has 1 aliphatic carbocycles. The van der Waals surface area contributed by atoms with E-state index in [0.29, 0.717) is 5.92 Å². The van der Waals surface area contributed by atoms with Gasteiger partial charge in [0.1, 0.15) is 5.75 Å². The van der Waals surface area contributed by atoms with Crippen molar-refractivity contribution < 1.29 is 4.74 Å². The summed E-state index contributed by atoms with van der Waals surface area (Å²) < 4.78 is 5.70. The van der Waals surface area contributed by atoms with Crippen LogP contribution in [0.15, 0.2) is 60.7 Å². The van der Waals surface area contributed by atoms with Crippen molar-refractivity contribution in [2.45, 2.75) is 64.7 Å². The van der Waals surface area contributed by atoms with Crippen molar-refractivity contribution in [2.24, 2.45) is 5.92 Å². The normalized spacial score (nSPS) is 19.0. The number of allylic oxidation sites excluding steroid dienone is 2. The Labute approximate surface area is 177 Å². The lowest BCUT2D eigenvalue weighted by atomic mass is 9.78. The minimum atomic E-state index is 0.671. The topological polar surface area (TPSA) is 9.23 Å². The summed E-state index contributed by atoms with van der Waals surface area (Å²) in [6.07, 6.45) is 12.8. The summed E-state index contributed by atoms with van der Waals surface area (Å²) in [6, 6.07) is 17.4. The summed E-state index contributed by atoms with van der Waals surface area (Å²) in [5.74, 6) is 8.77. The van der Waals surface area contributed by atoms with Gasteiger partial charge in [-0.15, -0.1) is 0 Å². The fourth-order valence-corrected chi connectivity index (χ4v) is 3.95. The molecule has 1 heteroatoms. The highest BCUT2D eigenvalue weighted by Crippen LogP contribution is 2.36. The number of hydrogen-bond donors (Lipinski definition) is 0. The quantitative estimate of drug-likeness (QED) is 0.358. The second kappa shape index (κ2) is 11.5. The Kier molecular flexibility index (Phi) is 8.44. The Morgan fingerprint density at radius 1 is 0.931 bits per heavy atom. The lowest BCUT2D eigenvalue weighted by Crippen LogP contribution is -2.11. The average molecular weight is 387 g/mol. The van der Waals surface area contributed by atoms with Crippen LogP contribution in [0.1, 0.15) is 75.0 Å². The second-order valence-electron chi connectivity index (χ2n) is 8.06. The van der Waals surface area contributed by atoms with Crippen LogP contribution < -0.4 is 4.74 Å². The Morgan fingerprint density at radius 3 is 2.31 bits per heavy atom. The van der Waals surface area contributed by atoms with E-state index < -0.39 is 0 Å². The number of benzene rings is 2. The number of aryl methyl sites for hydroxylation is 1. The molecule has 0 unspecified atom stereocenters. The highest BCUT2D eigenvalue weighted by Gasteiger charge is 2.20. The van der Waals surface area contributed by atoms with Crippen molar-refractivity contribution in [2.75, 3.05) is 6.61 Å². The molecule has 0 bridgehead atoms. The number of ether oxygens (including phenoxy) is 1. The number of hydrogen-bond acceptors (Lipinski definition) is 1. The molecule has 2 aromatic carbocycles. The van der Waals surface area contributed by atoms with Gasteiger partial charge in [0, 0.05) is 5.56 Å². The smallest absolute Gasteiger partial charge is 0.119 e. The summed E-state index contributed by atoms with van der Waals surface area (Å²) in [7, 11) is 0. The third kappa shape index (κ3) is 6.82. The van der Waals surface area contributed by atoms with Gasteiger partial charge in [0.2, 0.25) is 0 Å². The molecule has 29 heavy (non-hydrogen) atoms. The molecule has 0 saturated heterocycles. The fraction of sp³-hybridized carbons (Fsp3) is 0.429. The third-order valence-electron chi connectivity index (χ3n) is 5.92. The Balaban J connectivity index is 1.43.